The molecule has 0 fully saturated rings. The van der Waals surface area contributed by atoms with Gasteiger partial charge in [-0.25, -0.2) is 0 Å². The SMILES string of the molecule is CC(=O)c1cc2c(cc1NC(=O)CN(C)CCOc1ccccc1)OCO2. The molecule has 0 radical (unpaired) electrons. The molecule has 0 aromatic heterocycles. The maximum absolute atomic E-state index is 12.4. The number of hydrogen-bond donors (Lipinski definition) is 1. The Kier molecular flexibility index (Phi) is 5.93. The summed E-state index contributed by atoms with van der Waals surface area (Å²) >= 11 is 0. The van der Waals surface area contributed by atoms with Crippen molar-refractivity contribution in [2.45, 2.75) is 6.92 Å². The monoisotopic (exact) mass is 370 g/mol. The number of likely N-dealkylation sites (N-methyl/N-ethyl adjacent to an activating group) is 1. The summed E-state index contributed by atoms with van der Waals surface area (Å²) < 4.78 is 16.2. The molecule has 0 atom stereocenters. The van der Waals surface area contributed by atoms with Crippen molar-refractivity contribution >= 4 is 17.4 Å². The number of fused-ring (bicyclic) bond motifs is 1. The molecule has 1 amide bonds. The van der Waals surface area contributed by atoms with Crippen LogP contribution >= 0.6 is 0 Å². The maximum Gasteiger partial charge on any atom is 0.238 e. The third-order valence-corrected chi connectivity index (χ3v) is 4.06. The van der Waals surface area contributed by atoms with Crippen LogP contribution in [-0.2, 0) is 4.79 Å². The van der Waals surface area contributed by atoms with Crippen LogP contribution in [0.15, 0.2) is 42.5 Å². The summed E-state index contributed by atoms with van der Waals surface area (Å²) in [7, 11) is 1.83. The number of anilines is 1. The zero-order chi connectivity index (χ0) is 19.2. The minimum absolute atomic E-state index is 0.105. The van der Waals surface area contributed by atoms with E-state index in [-0.39, 0.29) is 25.0 Å². The molecule has 0 unspecified atom stereocenters. The van der Waals surface area contributed by atoms with Crippen LogP contribution in [0.5, 0.6) is 17.2 Å². The number of nitrogens with zero attached hydrogens (tertiary/aromatic N) is 1. The smallest absolute Gasteiger partial charge is 0.238 e. The summed E-state index contributed by atoms with van der Waals surface area (Å²) in [6.45, 7) is 2.78. The second-order valence-corrected chi connectivity index (χ2v) is 6.25. The molecule has 0 spiro atoms. The van der Waals surface area contributed by atoms with Gasteiger partial charge in [-0.05, 0) is 32.2 Å². The lowest BCUT2D eigenvalue weighted by molar-refractivity contribution is -0.117. The molecule has 3 rings (SSSR count). The largest absolute Gasteiger partial charge is 0.492 e. The van der Waals surface area contributed by atoms with E-state index in [1.165, 1.54) is 6.92 Å². The van der Waals surface area contributed by atoms with Crippen LogP contribution in [0.3, 0.4) is 0 Å². The molecule has 1 aliphatic rings. The lowest BCUT2D eigenvalue weighted by atomic mass is 10.1. The second-order valence-electron chi connectivity index (χ2n) is 6.25. The first-order chi connectivity index (χ1) is 13.0. The van der Waals surface area contributed by atoms with E-state index in [1.54, 1.807) is 12.1 Å². The van der Waals surface area contributed by atoms with Gasteiger partial charge >= 0.3 is 0 Å². The Bertz CT molecular complexity index is 823. The van der Waals surface area contributed by atoms with E-state index in [2.05, 4.69) is 5.32 Å². The van der Waals surface area contributed by atoms with Gasteiger partial charge in [0.2, 0.25) is 12.7 Å². The summed E-state index contributed by atoms with van der Waals surface area (Å²) in [5.74, 6) is 1.43. The average molecular weight is 370 g/mol. The highest BCUT2D eigenvalue weighted by Crippen LogP contribution is 2.37. The van der Waals surface area contributed by atoms with E-state index in [0.29, 0.717) is 35.9 Å². The molecule has 2 aromatic carbocycles. The molecule has 1 heterocycles. The van der Waals surface area contributed by atoms with Crippen molar-refractivity contribution < 1.29 is 23.8 Å². The Morgan fingerprint density at radius 1 is 1.15 bits per heavy atom. The van der Waals surface area contributed by atoms with E-state index < -0.39 is 0 Å². The number of rotatable bonds is 8. The molecular formula is C20H22N2O5. The van der Waals surface area contributed by atoms with Crippen LogP contribution in [0.4, 0.5) is 5.69 Å². The number of nitrogens with one attached hydrogen (secondary N) is 1. The van der Waals surface area contributed by atoms with Crippen molar-refractivity contribution in [1.82, 2.24) is 4.90 Å². The van der Waals surface area contributed by atoms with E-state index in [4.69, 9.17) is 14.2 Å². The van der Waals surface area contributed by atoms with Gasteiger partial charge in [-0.1, -0.05) is 18.2 Å². The van der Waals surface area contributed by atoms with Crippen molar-refractivity contribution in [3.63, 3.8) is 0 Å². The van der Waals surface area contributed by atoms with Gasteiger partial charge in [0.1, 0.15) is 12.4 Å². The Morgan fingerprint density at radius 2 is 1.85 bits per heavy atom. The van der Waals surface area contributed by atoms with Crippen molar-refractivity contribution in [1.29, 1.82) is 0 Å². The molecule has 142 valence electrons. The van der Waals surface area contributed by atoms with Gasteiger partial charge in [0.15, 0.2) is 17.3 Å². The van der Waals surface area contributed by atoms with Gasteiger partial charge in [-0.15, -0.1) is 0 Å². The lowest BCUT2D eigenvalue weighted by Gasteiger charge is -2.17. The number of benzene rings is 2. The van der Waals surface area contributed by atoms with E-state index in [9.17, 15) is 9.59 Å². The second kappa shape index (κ2) is 8.55. The molecule has 1 N–H and O–H groups in total. The Balaban J connectivity index is 1.53. The van der Waals surface area contributed by atoms with Crippen molar-refractivity contribution in [3.05, 3.63) is 48.0 Å². The molecule has 7 nitrogen and oxygen atoms in total. The van der Waals surface area contributed by atoms with Crippen LogP contribution < -0.4 is 19.5 Å². The number of ketones is 1. The standard InChI is InChI=1S/C20H22N2O5/c1-14(23)16-10-18-19(27-13-26-18)11-17(16)21-20(24)12-22(2)8-9-25-15-6-4-3-5-7-15/h3-7,10-11H,8-9,12-13H2,1-2H3,(H,21,24). The molecule has 27 heavy (non-hydrogen) atoms. The van der Waals surface area contributed by atoms with Gasteiger partial charge in [0.25, 0.3) is 0 Å². The van der Waals surface area contributed by atoms with Gasteiger partial charge in [0.05, 0.1) is 12.2 Å². The molecule has 1 aliphatic heterocycles. The fourth-order valence-electron chi connectivity index (χ4n) is 2.69. The van der Waals surface area contributed by atoms with Crippen LogP contribution in [0, 0.1) is 0 Å². The van der Waals surface area contributed by atoms with E-state index >= 15 is 0 Å². The summed E-state index contributed by atoms with van der Waals surface area (Å²) in [5.41, 5.74) is 0.813. The summed E-state index contributed by atoms with van der Waals surface area (Å²) in [4.78, 5) is 26.1. The number of hydrogen-bond acceptors (Lipinski definition) is 6. The molecular weight excluding hydrogens is 348 g/mol. The number of carbonyl (C=O) groups excluding carboxylic acids is 2. The predicted octanol–water partition coefficient (Wildman–Crippen LogP) is 2.57. The van der Waals surface area contributed by atoms with Crippen LogP contribution in [0.1, 0.15) is 17.3 Å². The topological polar surface area (TPSA) is 77.1 Å². The molecule has 2 aromatic rings. The number of carbonyl (C=O) groups is 2. The summed E-state index contributed by atoms with van der Waals surface area (Å²) in [5, 5.41) is 2.78. The predicted molar refractivity (Wildman–Crippen MR) is 101 cm³/mol. The maximum atomic E-state index is 12.4. The van der Waals surface area contributed by atoms with Crippen molar-refractivity contribution in [3.8, 4) is 17.2 Å². The third-order valence-electron chi connectivity index (χ3n) is 4.06. The molecule has 0 saturated carbocycles. The first kappa shape index (κ1) is 18.7. The number of ether oxygens (including phenoxy) is 3. The van der Waals surface area contributed by atoms with E-state index in [1.807, 2.05) is 42.3 Å². The fraction of sp³-hybridized carbons (Fsp3) is 0.300. The zero-order valence-electron chi connectivity index (χ0n) is 15.4. The van der Waals surface area contributed by atoms with Crippen LogP contribution in [0.25, 0.3) is 0 Å². The Labute approximate surface area is 157 Å². The van der Waals surface area contributed by atoms with Gasteiger partial charge < -0.3 is 19.5 Å². The van der Waals surface area contributed by atoms with Gasteiger partial charge in [-0.3, -0.25) is 14.5 Å². The molecule has 0 aliphatic carbocycles. The normalized spacial score (nSPS) is 12.1. The molecule has 7 heteroatoms. The minimum Gasteiger partial charge on any atom is -0.492 e. The fourth-order valence-corrected chi connectivity index (χ4v) is 2.69. The zero-order valence-corrected chi connectivity index (χ0v) is 15.4. The summed E-state index contributed by atoms with van der Waals surface area (Å²) in [6, 6.07) is 12.7. The number of para-hydroxylation sites is 1. The number of Topliss-reactive ketones (excluding diaryl/α,β-unsaturated/α-hetero) is 1. The first-order valence-electron chi connectivity index (χ1n) is 8.64. The Hall–Kier alpha value is -3.06. The van der Waals surface area contributed by atoms with Gasteiger partial charge in [0, 0.05) is 18.2 Å². The quantitative estimate of drug-likeness (QED) is 0.720. The van der Waals surface area contributed by atoms with Crippen molar-refractivity contribution in [2.24, 2.45) is 0 Å². The highest BCUT2D eigenvalue weighted by molar-refractivity contribution is 6.05. The first-order valence-corrected chi connectivity index (χ1v) is 8.64. The average Bonchev–Trinajstić information content (AvgIpc) is 3.09. The van der Waals surface area contributed by atoms with Crippen molar-refractivity contribution in [2.75, 3.05) is 38.9 Å². The third kappa shape index (κ3) is 4.98. The summed E-state index contributed by atoms with van der Waals surface area (Å²) in [6.07, 6.45) is 0. The molecule has 0 saturated heterocycles. The lowest BCUT2D eigenvalue weighted by Crippen LogP contribution is -2.33. The van der Waals surface area contributed by atoms with E-state index in [0.717, 1.165) is 5.75 Å². The molecule has 0 bridgehead atoms. The number of amides is 1. The van der Waals surface area contributed by atoms with Gasteiger partial charge in [-0.2, -0.15) is 0 Å². The minimum atomic E-state index is -0.224. The van der Waals surface area contributed by atoms with Crippen LogP contribution in [0.2, 0.25) is 0 Å². The van der Waals surface area contributed by atoms with Crippen LogP contribution in [-0.4, -0.2) is 50.1 Å². The highest BCUT2D eigenvalue weighted by atomic mass is 16.7. The Morgan fingerprint density at radius 3 is 2.56 bits per heavy atom. The highest BCUT2D eigenvalue weighted by Gasteiger charge is 2.20.